The molecule has 0 saturated heterocycles. The first-order valence-corrected chi connectivity index (χ1v) is 9.08. The van der Waals surface area contributed by atoms with Crippen LogP contribution in [0.15, 0.2) is 47.4 Å². The van der Waals surface area contributed by atoms with Crippen molar-refractivity contribution in [1.29, 1.82) is 0 Å². The Kier molecular flexibility index (Phi) is 5.85. The Morgan fingerprint density at radius 1 is 1.21 bits per heavy atom. The van der Waals surface area contributed by atoms with Gasteiger partial charge in [-0.1, -0.05) is 23.7 Å². The number of nitrogens with two attached hydrogens (primary N) is 1. The van der Waals surface area contributed by atoms with Crippen LogP contribution in [0.1, 0.15) is 5.56 Å². The van der Waals surface area contributed by atoms with Gasteiger partial charge in [0.15, 0.2) is 4.90 Å². The topological polar surface area (TPSA) is 124 Å². The van der Waals surface area contributed by atoms with E-state index < -0.39 is 60.4 Å². The van der Waals surface area contributed by atoms with Gasteiger partial charge < -0.3 is 5.73 Å². The fourth-order valence-electron chi connectivity index (χ4n) is 2.27. The standard InChI is InChI=1S/C15H11ClF3N3O5S/c16-10-6-5-9(15(17,18)19)7-12(10)21(8-14(20)23)28(26,27)13-4-2-1-3-11(13)22(24)25/h1-7H,8H2,(H2,20,23). The average Bonchev–Trinajstić information content (AvgIpc) is 2.59. The molecule has 28 heavy (non-hydrogen) atoms. The van der Waals surface area contributed by atoms with Crippen LogP contribution < -0.4 is 10.0 Å². The van der Waals surface area contributed by atoms with Crippen LogP contribution in [0, 0.1) is 10.1 Å². The van der Waals surface area contributed by atoms with Gasteiger partial charge in [0.1, 0.15) is 6.54 Å². The van der Waals surface area contributed by atoms with Gasteiger partial charge in [0, 0.05) is 6.07 Å². The molecule has 2 aromatic rings. The van der Waals surface area contributed by atoms with Crippen molar-refractivity contribution in [3.8, 4) is 0 Å². The van der Waals surface area contributed by atoms with Crippen molar-refractivity contribution in [2.45, 2.75) is 11.1 Å². The molecule has 1 amide bonds. The molecule has 0 spiro atoms. The summed E-state index contributed by atoms with van der Waals surface area (Å²) in [6.07, 6.45) is -4.83. The number of rotatable bonds is 6. The molecule has 2 N–H and O–H groups in total. The molecule has 0 aromatic heterocycles. The van der Waals surface area contributed by atoms with Crippen molar-refractivity contribution in [1.82, 2.24) is 0 Å². The second kappa shape index (κ2) is 7.64. The van der Waals surface area contributed by atoms with E-state index in [1.165, 1.54) is 12.1 Å². The SMILES string of the molecule is NC(=O)CN(c1cc(C(F)(F)F)ccc1Cl)S(=O)(=O)c1ccccc1[N+](=O)[O-]. The van der Waals surface area contributed by atoms with Crippen LogP contribution in [0.2, 0.25) is 5.02 Å². The number of benzene rings is 2. The maximum absolute atomic E-state index is 13.0. The van der Waals surface area contributed by atoms with Crippen molar-refractivity contribution >= 4 is 38.9 Å². The largest absolute Gasteiger partial charge is 0.416 e. The summed E-state index contributed by atoms with van der Waals surface area (Å²) in [5.41, 5.74) is 2.26. The highest BCUT2D eigenvalue weighted by Crippen LogP contribution is 2.38. The van der Waals surface area contributed by atoms with Crippen molar-refractivity contribution in [2.24, 2.45) is 5.73 Å². The number of alkyl halides is 3. The minimum atomic E-state index is -4.87. The normalized spacial score (nSPS) is 11.9. The molecule has 2 aromatic carbocycles. The zero-order chi connectivity index (χ0) is 21.3. The Morgan fingerprint density at radius 3 is 2.36 bits per heavy atom. The van der Waals surface area contributed by atoms with E-state index in [1.807, 2.05) is 0 Å². The van der Waals surface area contributed by atoms with Crippen molar-refractivity contribution in [3.63, 3.8) is 0 Å². The second-order valence-electron chi connectivity index (χ2n) is 5.37. The lowest BCUT2D eigenvalue weighted by atomic mass is 10.2. The highest BCUT2D eigenvalue weighted by atomic mass is 35.5. The van der Waals surface area contributed by atoms with Gasteiger partial charge in [0.05, 0.1) is 21.2 Å². The molecule has 2 rings (SSSR count). The fraction of sp³-hybridized carbons (Fsp3) is 0.133. The summed E-state index contributed by atoms with van der Waals surface area (Å²) in [5.74, 6) is -1.21. The highest BCUT2D eigenvalue weighted by molar-refractivity contribution is 7.93. The van der Waals surface area contributed by atoms with Gasteiger partial charge in [-0.2, -0.15) is 13.2 Å². The van der Waals surface area contributed by atoms with Crippen LogP contribution >= 0.6 is 11.6 Å². The first-order valence-electron chi connectivity index (χ1n) is 7.27. The number of carbonyl (C=O) groups is 1. The van der Waals surface area contributed by atoms with E-state index in [1.54, 1.807) is 0 Å². The van der Waals surface area contributed by atoms with Gasteiger partial charge in [0.25, 0.3) is 15.7 Å². The van der Waals surface area contributed by atoms with Crippen LogP contribution in [-0.2, 0) is 21.0 Å². The average molecular weight is 438 g/mol. The molecule has 0 aliphatic carbocycles. The third-order valence-corrected chi connectivity index (χ3v) is 5.60. The molecule has 150 valence electrons. The number of nitro groups is 1. The number of para-hydroxylation sites is 1. The Bertz CT molecular complexity index is 1040. The molecule has 8 nitrogen and oxygen atoms in total. The number of halogens is 4. The molecule has 0 unspecified atom stereocenters. The predicted molar refractivity (Wildman–Crippen MR) is 93.3 cm³/mol. The second-order valence-corrected chi connectivity index (χ2v) is 7.60. The van der Waals surface area contributed by atoms with Crippen molar-refractivity contribution in [2.75, 3.05) is 10.8 Å². The molecular weight excluding hydrogens is 427 g/mol. The van der Waals surface area contributed by atoms with Crippen molar-refractivity contribution in [3.05, 3.63) is 63.2 Å². The minimum Gasteiger partial charge on any atom is -0.368 e. The van der Waals surface area contributed by atoms with Crippen LogP contribution in [0.25, 0.3) is 0 Å². The fourth-order valence-corrected chi connectivity index (χ4v) is 4.14. The molecular formula is C15H11ClF3N3O5S. The number of hydrogen-bond donors (Lipinski definition) is 1. The first kappa shape index (κ1) is 21.4. The van der Waals surface area contributed by atoms with Crippen molar-refractivity contribution < 1.29 is 31.3 Å². The van der Waals surface area contributed by atoms with E-state index in [0.717, 1.165) is 18.2 Å². The maximum atomic E-state index is 13.0. The molecule has 0 atom stereocenters. The number of amides is 1. The number of carbonyl (C=O) groups excluding carboxylic acids is 1. The molecule has 13 heteroatoms. The maximum Gasteiger partial charge on any atom is 0.416 e. The number of hydrogen-bond acceptors (Lipinski definition) is 5. The summed E-state index contributed by atoms with van der Waals surface area (Å²) < 4.78 is 65.2. The lowest BCUT2D eigenvalue weighted by Gasteiger charge is -2.24. The van der Waals surface area contributed by atoms with Gasteiger partial charge in [0.2, 0.25) is 5.91 Å². The van der Waals surface area contributed by atoms with E-state index in [0.29, 0.717) is 12.1 Å². The summed E-state index contributed by atoms with van der Waals surface area (Å²) >= 11 is 5.86. The molecule has 0 aliphatic rings. The Labute approximate surface area is 161 Å². The van der Waals surface area contributed by atoms with E-state index in [-0.39, 0.29) is 4.31 Å². The Hall–Kier alpha value is -2.86. The Balaban J connectivity index is 2.76. The number of anilines is 1. The van der Waals surface area contributed by atoms with Gasteiger partial charge in [-0.15, -0.1) is 0 Å². The number of primary amides is 1. The van der Waals surface area contributed by atoms with Gasteiger partial charge >= 0.3 is 6.18 Å². The molecule has 0 heterocycles. The van der Waals surface area contributed by atoms with Gasteiger partial charge in [-0.3, -0.25) is 19.2 Å². The summed E-state index contributed by atoms with van der Waals surface area (Å²) in [5, 5.41) is 10.7. The van der Waals surface area contributed by atoms with Crippen LogP contribution in [0.3, 0.4) is 0 Å². The number of nitrogens with zero attached hydrogens (tertiary/aromatic N) is 2. The van der Waals surface area contributed by atoms with E-state index >= 15 is 0 Å². The van der Waals surface area contributed by atoms with Gasteiger partial charge in [-0.25, -0.2) is 8.42 Å². The van der Waals surface area contributed by atoms with Crippen LogP contribution in [0.4, 0.5) is 24.5 Å². The lowest BCUT2D eigenvalue weighted by molar-refractivity contribution is -0.387. The molecule has 0 radical (unpaired) electrons. The molecule has 0 aliphatic heterocycles. The quantitative estimate of drug-likeness (QED) is 0.549. The van der Waals surface area contributed by atoms with Crippen LogP contribution in [-0.4, -0.2) is 25.8 Å². The number of nitro benzene ring substituents is 1. The van der Waals surface area contributed by atoms with E-state index in [4.69, 9.17) is 17.3 Å². The van der Waals surface area contributed by atoms with E-state index in [2.05, 4.69) is 0 Å². The smallest absolute Gasteiger partial charge is 0.368 e. The van der Waals surface area contributed by atoms with Gasteiger partial charge in [-0.05, 0) is 24.3 Å². The first-order chi connectivity index (χ1) is 12.9. The zero-order valence-electron chi connectivity index (χ0n) is 13.7. The van der Waals surface area contributed by atoms with Crippen LogP contribution in [0.5, 0.6) is 0 Å². The molecule has 0 fully saturated rings. The lowest BCUT2D eigenvalue weighted by Crippen LogP contribution is -2.39. The third kappa shape index (κ3) is 4.34. The summed E-state index contributed by atoms with van der Waals surface area (Å²) in [6, 6.07) is 5.97. The minimum absolute atomic E-state index is 0.204. The number of sulfonamides is 1. The highest BCUT2D eigenvalue weighted by Gasteiger charge is 2.36. The molecule has 0 saturated carbocycles. The third-order valence-electron chi connectivity index (χ3n) is 3.47. The zero-order valence-corrected chi connectivity index (χ0v) is 15.3. The van der Waals surface area contributed by atoms with E-state index in [9.17, 15) is 36.5 Å². The summed E-state index contributed by atoms with van der Waals surface area (Å²) in [7, 11) is -4.87. The predicted octanol–water partition coefficient (Wildman–Crippen LogP) is 2.95. The summed E-state index contributed by atoms with van der Waals surface area (Å²) in [6.45, 7) is -1.09. The molecule has 0 bridgehead atoms. The monoisotopic (exact) mass is 437 g/mol. The summed E-state index contributed by atoms with van der Waals surface area (Å²) in [4.78, 5) is 20.7. The Morgan fingerprint density at radius 2 is 1.82 bits per heavy atom.